The number of carbonyl (C=O) groups excluding carboxylic acids is 3. The molecule has 0 saturated carbocycles. The van der Waals surface area contributed by atoms with Crippen molar-refractivity contribution in [2.45, 2.75) is 77.9 Å². The predicted octanol–water partition coefficient (Wildman–Crippen LogP) is 3.94. The van der Waals surface area contributed by atoms with Gasteiger partial charge in [0.05, 0.1) is 24.4 Å². The minimum Gasteiger partial charge on any atom is -0.494 e. The molecule has 1 saturated heterocycles. The number of nitrogens with one attached hydrogen (secondary N) is 4. The van der Waals surface area contributed by atoms with Crippen LogP contribution in [0.3, 0.4) is 0 Å². The van der Waals surface area contributed by atoms with Crippen LogP contribution in [0.15, 0.2) is 36.7 Å². The number of aryl methyl sites for hydroxylation is 2. The third-order valence-corrected chi connectivity index (χ3v) is 8.64. The zero-order valence-corrected chi connectivity index (χ0v) is 26.4. The van der Waals surface area contributed by atoms with E-state index in [1.807, 2.05) is 20.8 Å². The Bertz CT molecular complexity index is 1570. The largest absolute Gasteiger partial charge is 0.494 e. The number of benzene rings is 2. The van der Waals surface area contributed by atoms with E-state index in [1.54, 1.807) is 31.0 Å². The van der Waals surface area contributed by atoms with Gasteiger partial charge in [-0.15, -0.1) is 0 Å². The monoisotopic (exact) mass is 601 g/mol. The van der Waals surface area contributed by atoms with Gasteiger partial charge in [-0.25, -0.2) is 9.97 Å². The standard InChI is InChI=1S/C33H43N7O4/c1-19(34-5)30(41)39-28(33(2,3)4)32(43)40-14-8-11-26(40)31(42)38-25-16-23-24(17-27(25)44-6)35-18-36-29(23)37-22-13-12-20-9-7-10-21(20)15-22/h12-13,15-19,26,28,34H,7-11,14H2,1-6H3,(H,38,42)(H,39,41)(H,35,36,37)/t19-,26?,28+/m0/s1. The van der Waals surface area contributed by atoms with Gasteiger partial charge in [-0.2, -0.15) is 0 Å². The number of nitrogens with zero attached hydrogens (tertiary/aromatic N) is 3. The average molecular weight is 602 g/mol. The molecule has 2 aliphatic rings. The normalized spacial score (nSPS) is 17.6. The lowest BCUT2D eigenvalue weighted by atomic mass is 9.85. The van der Waals surface area contributed by atoms with Crippen LogP contribution in [0.2, 0.25) is 0 Å². The van der Waals surface area contributed by atoms with Crippen LogP contribution in [0.1, 0.15) is 58.1 Å². The number of likely N-dealkylation sites (N-methyl/N-ethyl adjacent to an activating group) is 1. The Hall–Kier alpha value is -4.25. The number of ether oxygens (including phenoxy) is 1. The molecule has 0 bridgehead atoms. The zero-order valence-electron chi connectivity index (χ0n) is 26.4. The highest BCUT2D eigenvalue weighted by Gasteiger charge is 2.42. The van der Waals surface area contributed by atoms with E-state index in [9.17, 15) is 14.4 Å². The second-order valence-electron chi connectivity index (χ2n) is 12.8. The van der Waals surface area contributed by atoms with Crippen molar-refractivity contribution >= 4 is 45.8 Å². The highest BCUT2D eigenvalue weighted by molar-refractivity contribution is 6.03. The Kier molecular flexibility index (Phi) is 9.05. The fourth-order valence-corrected chi connectivity index (χ4v) is 5.97. The van der Waals surface area contributed by atoms with E-state index in [1.165, 1.54) is 31.0 Å². The molecule has 44 heavy (non-hydrogen) atoms. The van der Waals surface area contributed by atoms with Crippen molar-refractivity contribution in [1.29, 1.82) is 0 Å². The van der Waals surface area contributed by atoms with E-state index in [0.717, 1.165) is 23.9 Å². The van der Waals surface area contributed by atoms with Gasteiger partial charge in [0.25, 0.3) is 0 Å². The first kappa shape index (κ1) is 31.2. The van der Waals surface area contributed by atoms with Gasteiger partial charge in [0.1, 0.15) is 30.0 Å². The Labute approximate surface area is 258 Å². The molecule has 2 heterocycles. The van der Waals surface area contributed by atoms with E-state index in [0.29, 0.717) is 42.2 Å². The van der Waals surface area contributed by atoms with Crippen LogP contribution in [0.4, 0.5) is 17.2 Å². The first-order valence-electron chi connectivity index (χ1n) is 15.3. The molecule has 1 unspecified atom stereocenters. The first-order valence-corrected chi connectivity index (χ1v) is 15.3. The number of hydrogen-bond donors (Lipinski definition) is 4. The number of anilines is 3. The lowest BCUT2D eigenvalue weighted by Gasteiger charge is -2.36. The number of carbonyl (C=O) groups is 3. The van der Waals surface area contributed by atoms with E-state index >= 15 is 0 Å². The summed E-state index contributed by atoms with van der Waals surface area (Å²) in [6.45, 7) is 7.88. The van der Waals surface area contributed by atoms with Crippen LogP contribution in [-0.4, -0.2) is 71.4 Å². The Balaban J connectivity index is 1.39. The molecule has 11 heteroatoms. The van der Waals surface area contributed by atoms with Crippen molar-refractivity contribution in [3.63, 3.8) is 0 Å². The summed E-state index contributed by atoms with van der Waals surface area (Å²) in [5.41, 5.74) is 4.24. The van der Waals surface area contributed by atoms with E-state index in [-0.39, 0.29) is 17.7 Å². The van der Waals surface area contributed by atoms with Crippen LogP contribution < -0.4 is 26.0 Å². The van der Waals surface area contributed by atoms with E-state index in [2.05, 4.69) is 49.4 Å². The molecule has 1 aromatic heterocycles. The quantitative estimate of drug-likeness (QED) is 0.290. The van der Waals surface area contributed by atoms with Crippen LogP contribution in [0, 0.1) is 5.41 Å². The third-order valence-electron chi connectivity index (χ3n) is 8.64. The Morgan fingerprint density at radius 3 is 2.55 bits per heavy atom. The molecule has 0 radical (unpaired) electrons. The topological polar surface area (TPSA) is 138 Å². The summed E-state index contributed by atoms with van der Waals surface area (Å²) < 4.78 is 5.63. The van der Waals surface area contributed by atoms with Crippen molar-refractivity contribution < 1.29 is 19.1 Å². The molecular formula is C33H43N7O4. The molecule has 1 fully saturated rings. The zero-order chi connectivity index (χ0) is 31.6. The minimum atomic E-state index is -0.792. The van der Waals surface area contributed by atoms with Gasteiger partial charge in [-0.1, -0.05) is 26.8 Å². The van der Waals surface area contributed by atoms with Gasteiger partial charge in [0, 0.05) is 23.7 Å². The number of fused-ring (bicyclic) bond motifs is 2. The molecule has 2 aromatic carbocycles. The highest BCUT2D eigenvalue weighted by Crippen LogP contribution is 2.35. The molecule has 11 nitrogen and oxygen atoms in total. The van der Waals surface area contributed by atoms with Gasteiger partial charge in [0.2, 0.25) is 17.7 Å². The molecule has 5 rings (SSSR count). The van der Waals surface area contributed by atoms with Gasteiger partial charge in [-0.05, 0) is 80.8 Å². The number of rotatable bonds is 9. The number of hydrogen-bond acceptors (Lipinski definition) is 8. The molecular weight excluding hydrogens is 558 g/mol. The third kappa shape index (κ3) is 6.47. The second-order valence-corrected chi connectivity index (χ2v) is 12.8. The van der Waals surface area contributed by atoms with Gasteiger partial charge >= 0.3 is 0 Å². The number of aromatic nitrogens is 2. The fraction of sp³-hybridized carbons (Fsp3) is 0.485. The summed E-state index contributed by atoms with van der Waals surface area (Å²) in [7, 11) is 3.23. The van der Waals surface area contributed by atoms with Gasteiger partial charge < -0.3 is 30.9 Å². The van der Waals surface area contributed by atoms with Gasteiger partial charge in [0.15, 0.2) is 0 Å². The molecule has 234 valence electrons. The Morgan fingerprint density at radius 1 is 1.05 bits per heavy atom. The molecule has 1 aliphatic heterocycles. The first-order chi connectivity index (χ1) is 21.0. The summed E-state index contributed by atoms with van der Waals surface area (Å²) >= 11 is 0. The smallest absolute Gasteiger partial charge is 0.247 e. The molecule has 3 atom stereocenters. The number of methoxy groups -OCH3 is 1. The summed E-state index contributed by atoms with van der Waals surface area (Å²) in [5, 5.41) is 13.0. The molecule has 3 amide bonds. The van der Waals surface area contributed by atoms with Crippen molar-refractivity contribution in [1.82, 2.24) is 25.5 Å². The maximum Gasteiger partial charge on any atom is 0.247 e. The van der Waals surface area contributed by atoms with Crippen LogP contribution in [0.25, 0.3) is 10.9 Å². The average Bonchev–Trinajstić information content (AvgIpc) is 3.68. The van der Waals surface area contributed by atoms with Crippen molar-refractivity contribution in [3.05, 3.63) is 47.8 Å². The lowest BCUT2D eigenvalue weighted by molar-refractivity contribution is -0.143. The van der Waals surface area contributed by atoms with Crippen LogP contribution >= 0.6 is 0 Å². The van der Waals surface area contributed by atoms with Crippen molar-refractivity contribution in [2.24, 2.45) is 5.41 Å². The second kappa shape index (κ2) is 12.8. The molecule has 0 spiro atoms. The van der Waals surface area contributed by atoms with Gasteiger partial charge in [-0.3, -0.25) is 14.4 Å². The van der Waals surface area contributed by atoms with Crippen LogP contribution in [0.5, 0.6) is 5.75 Å². The van der Waals surface area contributed by atoms with Crippen molar-refractivity contribution in [2.75, 3.05) is 31.3 Å². The SMILES string of the molecule is CN[C@@H](C)C(=O)N[C@H](C(=O)N1CCCC1C(=O)Nc1cc2c(Nc3ccc4c(c3)CCC4)ncnc2cc1OC)C(C)(C)C. The molecule has 1 aliphatic carbocycles. The predicted molar refractivity (Wildman–Crippen MR) is 171 cm³/mol. The lowest BCUT2D eigenvalue weighted by Crippen LogP contribution is -2.59. The Morgan fingerprint density at radius 2 is 1.82 bits per heavy atom. The number of amides is 3. The summed E-state index contributed by atoms with van der Waals surface area (Å²) in [5.74, 6) is 0.203. The van der Waals surface area contributed by atoms with E-state index in [4.69, 9.17) is 4.74 Å². The summed E-state index contributed by atoms with van der Waals surface area (Å²) in [4.78, 5) is 50.9. The summed E-state index contributed by atoms with van der Waals surface area (Å²) in [6.07, 6.45) is 6.04. The van der Waals surface area contributed by atoms with Crippen molar-refractivity contribution in [3.8, 4) is 5.75 Å². The highest BCUT2D eigenvalue weighted by atomic mass is 16.5. The maximum atomic E-state index is 13.9. The maximum absolute atomic E-state index is 13.9. The van der Waals surface area contributed by atoms with E-state index < -0.39 is 23.5 Å². The minimum absolute atomic E-state index is 0.270. The number of likely N-dealkylation sites (tertiary alicyclic amines) is 1. The molecule has 4 N–H and O–H groups in total. The summed E-state index contributed by atoms with van der Waals surface area (Å²) in [6, 6.07) is 8.02. The molecule has 3 aromatic rings. The van der Waals surface area contributed by atoms with Crippen LogP contribution in [-0.2, 0) is 27.2 Å². The fourth-order valence-electron chi connectivity index (χ4n) is 5.97.